The maximum atomic E-state index is 5.58. The monoisotopic (exact) mass is 494 g/mol. The maximum absolute atomic E-state index is 5.58. The fourth-order valence-corrected chi connectivity index (χ4v) is 3.13. The van der Waals surface area contributed by atoms with Crippen molar-refractivity contribution in [3.63, 3.8) is 0 Å². The third kappa shape index (κ3) is 6.29. The van der Waals surface area contributed by atoms with Crippen molar-refractivity contribution >= 4 is 35.6 Å². The molecular weight excluding hydrogens is 463 g/mol. The molecule has 1 aliphatic heterocycles. The molecule has 1 heterocycles. The number of hydrogen-bond acceptors (Lipinski definition) is 3. The molecule has 1 aliphatic rings. The van der Waals surface area contributed by atoms with Crippen molar-refractivity contribution in [2.24, 2.45) is 4.99 Å². The highest BCUT2D eigenvalue weighted by molar-refractivity contribution is 14.0. The first-order chi connectivity index (χ1) is 13.2. The van der Waals surface area contributed by atoms with E-state index in [-0.39, 0.29) is 24.0 Å². The average Bonchev–Trinajstić information content (AvgIpc) is 3.14. The molecule has 2 aromatic carbocycles. The molecule has 0 fully saturated rings. The first-order valence-electron chi connectivity index (χ1n) is 9.68. The van der Waals surface area contributed by atoms with E-state index in [2.05, 4.69) is 64.9 Å². The summed E-state index contributed by atoms with van der Waals surface area (Å²) in [6.45, 7) is 5.26. The molecule has 0 spiro atoms. The van der Waals surface area contributed by atoms with E-state index in [0.717, 1.165) is 44.2 Å². The van der Waals surface area contributed by atoms with E-state index in [1.165, 1.54) is 22.4 Å². The molecule has 28 heavy (non-hydrogen) atoms. The van der Waals surface area contributed by atoms with Gasteiger partial charge in [0.05, 0.1) is 13.2 Å². The predicted molar refractivity (Wildman–Crippen MR) is 128 cm³/mol. The standard InChI is InChI=1S/C22H30N4O.HI/c1-4-23-22(25-16-18-5-8-20(9-6-18)26(2)3)24-13-11-17-7-10-21-19(15-17)12-14-27-21;/h5-10,15H,4,11-14,16H2,1-3H3,(H2,23,24,25);1H. The second kappa shape index (κ2) is 11.1. The Kier molecular flexibility index (Phi) is 8.89. The van der Waals surface area contributed by atoms with E-state index < -0.39 is 0 Å². The van der Waals surface area contributed by atoms with Crippen LogP contribution in [0.3, 0.4) is 0 Å². The zero-order chi connectivity index (χ0) is 19.1. The zero-order valence-corrected chi connectivity index (χ0v) is 19.3. The number of halogens is 1. The van der Waals surface area contributed by atoms with Crippen LogP contribution in [0.5, 0.6) is 5.75 Å². The highest BCUT2D eigenvalue weighted by atomic mass is 127. The summed E-state index contributed by atoms with van der Waals surface area (Å²) in [7, 11) is 4.10. The van der Waals surface area contributed by atoms with Crippen LogP contribution in [0.15, 0.2) is 47.5 Å². The summed E-state index contributed by atoms with van der Waals surface area (Å²) < 4.78 is 5.58. The Morgan fingerprint density at radius 1 is 1.07 bits per heavy atom. The molecule has 3 rings (SSSR count). The van der Waals surface area contributed by atoms with Gasteiger partial charge in [0.1, 0.15) is 5.75 Å². The highest BCUT2D eigenvalue weighted by Gasteiger charge is 2.11. The van der Waals surface area contributed by atoms with Crippen molar-refractivity contribution in [2.45, 2.75) is 26.3 Å². The molecule has 6 heteroatoms. The second-order valence-corrected chi connectivity index (χ2v) is 6.97. The molecule has 0 bridgehead atoms. The van der Waals surface area contributed by atoms with Crippen LogP contribution in [0, 0.1) is 0 Å². The normalized spacial score (nSPS) is 12.6. The van der Waals surface area contributed by atoms with Gasteiger partial charge in [-0.05, 0) is 48.2 Å². The lowest BCUT2D eigenvalue weighted by Gasteiger charge is -2.13. The van der Waals surface area contributed by atoms with Crippen molar-refractivity contribution in [1.82, 2.24) is 10.6 Å². The lowest BCUT2D eigenvalue weighted by molar-refractivity contribution is 0.357. The van der Waals surface area contributed by atoms with Crippen LogP contribution >= 0.6 is 24.0 Å². The van der Waals surface area contributed by atoms with Crippen molar-refractivity contribution in [2.75, 3.05) is 38.7 Å². The van der Waals surface area contributed by atoms with Gasteiger partial charge in [0.25, 0.3) is 0 Å². The average molecular weight is 494 g/mol. The summed E-state index contributed by atoms with van der Waals surface area (Å²) in [4.78, 5) is 6.81. The quantitative estimate of drug-likeness (QED) is 0.351. The number of nitrogens with one attached hydrogen (secondary N) is 2. The summed E-state index contributed by atoms with van der Waals surface area (Å²) in [5.41, 5.74) is 5.07. The van der Waals surface area contributed by atoms with Gasteiger partial charge in [-0.3, -0.25) is 0 Å². The molecule has 0 amide bonds. The van der Waals surface area contributed by atoms with Gasteiger partial charge in [-0.25, -0.2) is 4.99 Å². The molecule has 5 nitrogen and oxygen atoms in total. The first-order valence-corrected chi connectivity index (χ1v) is 9.68. The Morgan fingerprint density at radius 2 is 1.82 bits per heavy atom. The first kappa shape index (κ1) is 22.3. The van der Waals surface area contributed by atoms with Gasteiger partial charge < -0.3 is 20.3 Å². The summed E-state index contributed by atoms with van der Waals surface area (Å²) in [6, 6.07) is 15.0. The van der Waals surface area contributed by atoms with Crippen LogP contribution < -0.4 is 20.3 Å². The summed E-state index contributed by atoms with van der Waals surface area (Å²) in [5.74, 6) is 1.90. The minimum Gasteiger partial charge on any atom is -0.493 e. The predicted octanol–water partition coefficient (Wildman–Crippen LogP) is 3.60. The van der Waals surface area contributed by atoms with Crippen LogP contribution in [-0.2, 0) is 19.4 Å². The molecule has 152 valence electrons. The third-order valence-electron chi connectivity index (χ3n) is 4.68. The van der Waals surface area contributed by atoms with Crippen LogP contribution in [0.4, 0.5) is 5.69 Å². The fraction of sp³-hybridized carbons (Fsp3) is 0.409. The summed E-state index contributed by atoms with van der Waals surface area (Å²) in [5, 5.41) is 6.76. The van der Waals surface area contributed by atoms with Crippen LogP contribution in [-0.4, -0.2) is 39.8 Å². The number of fused-ring (bicyclic) bond motifs is 1. The lowest BCUT2D eigenvalue weighted by atomic mass is 10.1. The van der Waals surface area contributed by atoms with Gasteiger partial charge in [-0.2, -0.15) is 0 Å². The van der Waals surface area contributed by atoms with Gasteiger partial charge in [0.15, 0.2) is 5.96 Å². The number of guanidine groups is 1. The number of rotatable bonds is 7. The van der Waals surface area contributed by atoms with Gasteiger partial charge in [-0.15, -0.1) is 24.0 Å². The minimum absolute atomic E-state index is 0. The molecule has 0 radical (unpaired) electrons. The molecule has 0 unspecified atom stereocenters. The van der Waals surface area contributed by atoms with Crippen LogP contribution in [0.2, 0.25) is 0 Å². The van der Waals surface area contributed by atoms with E-state index in [0.29, 0.717) is 6.54 Å². The molecule has 2 N–H and O–H groups in total. The number of anilines is 1. The molecule has 0 saturated carbocycles. The third-order valence-corrected chi connectivity index (χ3v) is 4.68. The Labute approximate surface area is 185 Å². The van der Waals surface area contributed by atoms with E-state index in [4.69, 9.17) is 9.73 Å². The molecule has 0 aromatic heterocycles. The van der Waals surface area contributed by atoms with Crippen molar-refractivity contribution in [3.8, 4) is 5.75 Å². The molecule has 0 aliphatic carbocycles. The number of aliphatic imine (C=N–C) groups is 1. The zero-order valence-electron chi connectivity index (χ0n) is 17.0. The van der Waals surface area contributed by atoms with Crippen molar-refractivity contribution < 1.29 is 4.74 Å². The van der Waals surface area contributed by atoms with E-state index in [9.17, 15) is 0 Å². The van der Waals surface area contributed by atoms with E-state index in [1.807, 2.05) is 14.1 Å². The van der Waals surface area contributed by atoms with E-state index in [1.54, 1.807) is 0 Å². The van der Waals surface area contributed by atoms with Gasteiger partial charge in [-0.1, -0.05) is 24.3 Å². The lowest BCUT2D eigenvalue weighted by Crippen LogP contribution is -2.38. The molecular formula is C22H31IN4O. The number of hydrogen-bond donors (Lipinski definition) is 2. The van der Waals surface area contributed by atoms with Crippen LogP contribution in [0.25, 0.3) is 0 Å². The maximum Gasteiger partial charge on any atom is 0.191 e. The Morgan fingerprint density at radius 3 is 2.54 bits per heavy atom. The minimum atomic E-state index is 0. The topological polar surface area (TPSA) is 48.9 Å². The number of ether oxygens (including phenoxy) is 1. The van der Waals surface area contributed by atoms with Gasteiger partial charge in [0, 0.05) is 39.3 Å². The molecule has 0 atom stereocenters. The molecule has 0 saturated heterocycles. The number of benzene rings is 2. The fourth-order valence-electron chi connectivity index (χ4n) is 3.13. The Balaban J connectivity index is 0.00000280. The smallest absolute Gasteiger partial charge is 0.191 e. The van der Waals surface area contributed by atoms with E-state index >= 15 is 0 Å². The van der Waals surface area contributed by atoms with Gasteiger partial charge >= 0.3 is 0 Å². The van der Waals surface area contributed by atoms with Crippen molar-refractivity contribution in [1.29, 1.82) is 0 Å². The Bertz CT molecular complexity index is 775. The number of nitrogens with zero attached hydrogens (tertiary/aromatic N) is 2. The summed E-state index contributed by atoms with van der Waals surface area (Å²) in [6.07, 6.45) is 1.99. The van der Waals surface area contributed by atoms with Crippen LogP contribution in [0.1, 0.15) is 23.6 Å². The second-order valence-electron chi connectivity index (χ2n) is 6.97. The van der Waals surface area contributed by atoms with Gasteiger partial charge in [0.2, 0.25) is 0 Å². The summed E-state index contributed by atoms with van der Waals surface area (Å²) >= 11 is 0. The van der Waals surface area contributed by atoms with Crippen molar-refractivity contribution in [3.05, 3.63) is 59.2 Å². The highest BCUT2D eigenvalue weighted by Crippen LogP contribution is 2.25. The molecule has 2 aromatic rings. The SMILES string of the molecule is CCNC(=NCc1ccc(N(C)C)cc1)NCCc1ccc2c(c1)CCO2.I. The largest absolute Gasteiger partial charge is 0.493 e. The Hall–Kier alpha value is -1.96.